The highest BCUT2D eigenvalue weighted by Gasteiger charge is 2.33. The van der Waals surface area contributed by atoms with Gasteiger partial charge in [-0.15, -0.1) is 0 Å². The van der Waals surface area contributed by atoms with E-state index in [0.29, 0.717) is 16.6 Å². The number of fused-ring (bicyclic) bond motifs is 4. The fraction of sp³-hybridized carbons (Fsp3) is 0. The molecule has 0 saturated carbocycles. The minimum Gasteiger partial charge on any atom is -0.285 e. The van der Waals surface area contributed by atoms with E-state index in [2.05, 4.69) is 20.9 Å². The van der Waals surface area contributed by atoms with E-state index in [-0.39, 0.29) is 21.4 Å². The molecule has 1 aliphatic heterocycles. The summed E-state index contributed by atoms with van der Waals surface area (Å²) < 4.78 is 14.9. The first-order chi connectivity index (χ1) is 10.1. The van der Waals surface area contributed by atoms with Crippen molar-refractivity contribution in [3.63, 3.8) is 0 Å². The van der Waals surface area contributed by atoms with Gasteiger partial charge in [-0.2, -0.15) is 0 Å². The highest BCUT2D eigenvalue weighted by Crippen LogP contribution is 2.33. The molecule has 0 unspecified atom stereocenters. The number of halogens is 2. The van der Waals surface area contributed by atoms with Crippen molar-refractivity contribution in [2.75, 3.05) is 0 Å². The number of nitrogens with zero attached hydrogens (tertiary/aromatic N) is 2. The summed E-state index contributed by atoms with van der Waals surface area (Å²) >= 11 is 3.07. The molecule has 102 valence electrons. The third-order valence-corrected chi connectivity index (χ3v) is 4.29. The van der Waals surface area contributed by atoms with Gasteiger partial charge in [-0.1, -0.05) is 12.1 Å². The molecule has 6 heteroatoms. The largest absolute Gasteiger partial charge is 0.285 e. The second-order valence-electron chi connectivity index (χ2n) is 4.68. The van der Waals surface area contributed by atoms with Crippen molar-refractivity contribution >= 4 is 32.6 Å². The quantitative estimate of drug-likeness (QED) is 0.493. The van der Waals surface area contributed by atoms with E-state index in [1.54, 1.807) is 24.3 Å². The second kappa shape index (κ2) is 4.08. The standard InChI is InChI=1S/C15H6BrFN2O2/c16-12-8(17)5-6-10-11(12)13(20)14-18-9-4-2-1-3-7(9)15(21)19(10)14/h1-6H. The zero-order chi connectivity index (χ0) is 14.7. The zero-order valence-corrected chi connectivity index (χ0v) is 12.0. The Hall–Kier alpha value is -2.34. The van der Waals surface area contributed by atoms with Gasteiger partial charge in [0.25, 0.3) is 5.56 Å². The molecule has 0 aliphatic carbocycles. The van der Waals surface area contributed by atoms with E-state index in [1.165, 1.54) is 16.7 Å². The second-order valence-corrected chi connectivity index (χ2v) is 5.47. The van der Waals surface area contributed by atoms with Crippen LogP contribution in [0.5, 0.6) is 0 Å². The van der Waals surface area contributed by atoms with Gasteiger partial charge in [-0.05, 0) is 40.2 Å². The Bertz CT molecular complexity index is 1010. The summed E-state index contributed by atoms with van der Waals surface area (Å²) in [6.07, 6.45) is 0. The minimum absolute atomic E-state index is 0.0139. The first-order valence-electron chi connectivity index (χ1n) is 6.14. The van der Waals surface area contributed by atoms with E-state index < -0.39 is 11.6 Å². The third kappa shape index (κ3) is 1.50. The Labute approximate surface area is 126 Å². The Morgan fingerprint density at radius 2 is 1.86 bits per heavy atom. The van der Waals surface area contributed by atoms with Crippen LogP contribution in [0.1, 0.15) is 16.2 Å². The van der Waals surface area contributed by atoms with E-state index in [1.807, 2.05) is 0 Å². The lowest BCUT2D eigenvalue weighted by atomic mass is 10.1. The van der Waals surface area contributed by atoms with E-state index in [9.17, 15) is 14.0 Å². The van der Waals surface area contributed by atoms with Crippen LogP contribution in [0.2, 0.25) is 0 Å². The summed E-state index contributed by atoms with van der Waals surface area (Å²) in [6.45, 7) is 0. The Morgan fingerprint density at radius 1 is 1.10 bits per heavy atom. The molecular weight excluding hydrogens is 339 g/mol. The number of para-hydroxylation sites is 1. The molecule has 3 aromatic rings. The summed E-state index contributed by atoms with van der Waals surface area (Å²) in [5.74, 6) is -0.994. The Balaban J connectivity index is 2.21. The predicted octanol–water partition coefficient (Wildman–Crippen LogP) is 2.83. The molecule has 0 radical (unpaired) electrons. The molecule has 4 nitrogen and oxygen atoms in total. The molecule has 0 atom stereocenters. The molecule has 0 spiro atoms. The average Bonchev–Trinajstić information content (AvgIpc) is 2.77. The normalized spacial score (nSPS) is 12.6. The number of ketones is 1. The molecule has 1 aliphatic rings. The smallest absolute Gasteiger partial charge is 0.266 e. The van der Waals surface area contributed by atoms with Gasteiger partial charge in [0.1, 0.15) is 5.82 Å². The van der Waals surface area contributed by atoms with Gasteiger partial charge in [0.15, 0.2) is 5.82 Å². The van der Waals surface area contributed by atoms with Crippen molar-refractivity contribution in [2.45, 2.75) is 0 Å². The van der Waals surface area contributed by atoms with E-state index in [4.69, 9.17) is 0 Å². The van der Waals surface area contributed by atoms with Crippen molar-refractivity contribution in [1.29, 1.82) is 0 Å². The van der Waals surface area contributed by atoms with Crippen LogP contribution in [0.3, 0.4) is 0 Å². The molecule has 4 rings (SSSR count). The van der Waals surface area contributed by atoms with Crippen LogP contribution >= 0.6 is 15.9 Å². The van der Waals surface area contributed by atoms with Gasteiger partial charge in [-0.25, -0.2) is 9.37 Å². The lowest BCUT2D eigenvalue weighted by Crippen LogP contribution is -2.21. The van der Waals surface area contributed by atoms with Gasteiger partial charge in [0, 0.05) is 0 Å². The number of benzene rings is 2. The monoisotopic (exact) mass is 344 g/mol. The van der Waals surface area contributed by atoms with E-state index in [0.717, 1.165) is 0 Å². The van der Waals surface area contributed by atoms with Gasteiger partial charge in [-0.3, -0.25) is 14.2 Å². The summed E-state index contributed by atoms with van der Waals surface area (Å²) in [5, 5.41) is 0.419. The summed E-state index contributed by atoms with van der Waals surface area (Å²) in [4.78, 5) is 29.3. The molecular formula is C15H6BrFN2O2. The molecule has 2 aromatic carbocycles. The van der Waals surface area contributed by atoms with Crippen molar-refractivity contribution in [3.05, 3.63) is 68.4 Å². The molecule has 0 N–H and O–H groups in total. The maximum Gasteiger partial charge on any atom is 0.266 e. The SMILES string of the molecule is O=C1c2c(ccc(F)c2Br)-n2c1nc1ccccc1c2=O. The van der Waals surface area contributed by atoms with Crippen molar-refractivity contribution in [1.82, 2.24) is 9.55 Å². The molecule has 0 amide bonds. The number of carbonyl (C=O) groups excluding carboxylic acids is 1. The number of aromatic nitrogens is 2. The van der Waals surface area contributed by atoms with Gasteiger partial charge >= 0.3 is 0 Å². The Kier molecular flexibility index (Phi) is 2.41. The maximum absolute atomic E-state index is 13.6. The first-order valence-corrected chi connectivity index (χ1v) is 6.94. The number of hydrogen-bond donors (Lipinski definition) is 0. The topological polar surface area (TPSA) is 52.0 Å². The lowest BCUT2D eigenvalue weighted by Gasteiger charge is -2.05. The third-order valence-electron chi connectivity index (χ3n) is 3.52. The molecule has 21 heavy (non-hydrogen) atoms. The van der Waals surface area contributed by atoms with Gasteiger partial charge in [0.2, 0.25) is 5.78 Å². The molecule has 1 aromatic heterocycles. The van der Waals surface area contributed by atoms with Crippen molar-refractivity contribution < 1.29 is 9.18 Å². The minimum atomic E-state index is -0.549. The van der Waals surface area contributed by atoms with Crippen LogP contribution in [0.4, 0.5) is 4.39 Å². The summed E-state index contributed by atoms with van der Waals surface area (Å²) in [6, 6.07) is 9.43. The summed E-state index contributed by atoms with van der Waals surface area (Å²) in [7, 11) is 0. The molecule has 2 heterocycles. The molecule has 0 bridgehead atoms. The van der Waals surface area contributed by atoms with Crippen molar-refractivity contribution in [2.24, 2.45) is 0 Å². The molecule has 0 fully saturated rings. The van der Waals surface area contributed by atoms with Crippen LogP contribution in [-0.4, -0.2) is 15.3 Å². The average molecular weight is 345 g/mol. The number of rotatable bonds is 0. The fourth-order valence-corrected chi connectivity index (χ4v) is 3.08. The van der Waals surface area contributed by atoms with Crippen molar-refractivity contribution in [3.8, 4) is 5.69 Å². The van der Waals surface area contributed by atoms with Crippen LogP contribution in [0, 0.1) is 5.82 Å². The Morgan fingerprint density at radius 3 is 2.67 bits per heavy atom. The maximum atomic E-state index is 13.6. The predicted molar refractivity (Wildman–Crippen MR) is 78.4 cm³/mol. The summed E-state index contributed by atoms with van der Waals surface area (Å²) in [5.41, 5.74) is 0.606. The molecule has 0 saturated heterocycles. The lowest BCUT2D eigenvalue weighted by molar-refractivity contribution is 0.103. The highest BCUT2D eigenvalue weighted by atomic mass is 79.9. The zero-order valence-electron chi connectivity index (χ0n) is 10.4. The van der Waals surface area contributed by atoms with Gasteiger partial charge < -0.3 is 0 Å². The van der Waals surface area contributed by atoms with Crippen LogP contribution in [0.25, 0.3) is 16.6 Å². The van der Waals surface area contributed by atoms with Gasteiger partial charge in [0.05, 0.1) is 26.6 Å². The van der Waals surface area contributed by atoms with Crippen LogP contribution in [-0.2, 0) is 0 Å². The number of hydrogen-bond acceptors (Lipinski definition) is 3. The van der Waals surface area contributed by atoms with E-state index >= 15 is 0 Å². The highest BCUT2D eigenvalue weighted by molar-refractivity contribution is 9.10. The first kappa shape index (κ1) is 12.4. The van der Waals surface area contributed by atoms with Crippen LogP contribution in [0.15, 0.2) is 45.7 Å². The van der Waals surface area contributed by atoms with Crippen LogP contribution < -0.4 is 5.56 Å². The fourth-order valence-electron chi connectivity index (χ4n) is 2.56. The number of carbonyl (C=O) groups is 1.